The van der Waals surface area contributed by atoms with Crippen molar-refractivity contribution < 1.29 is 18.7 Å². The van der Waals surface area contributed by atoms with Gasteiger partial charge in [-0.05, 0) is 24.1 Å². The number of ether oxygens (including phenoxy) is 1. The van der Waals surface area contributed by atoms with Gasteiger partial charge < -0.3 is 10.1 Å². The van der Waals surface area contributed by atoms with E-state index in [1.54, 1.807) is 12.1 Å². The lowest BCUT2D eigenvalue weighted by Crippen LogP contribution is -2.42. The monoisotopic (exact) mass is 337 g/mol. The number of hydrogen-bond donors (Lipinski definition) is 1. The van der Waals surface area contributed by atoms with Gasteiger partial charge in [0.15, 0.2) is 0 Å². The third kappa shape index (κ3) is 8.09. The Morgan fingerprint density at radius 1 is 1.17 bits per heavy atom. The van der Waals surface area contributed by atoms with Crippen molar-refractivity contribution in [2.24, 2.45) is 0 Å². The Balaban J connectivity index is 2.43. The summed E-state index contributed by atoms with van der Waals surface area (Å²) >= 11 is 0. The molecule has 1 aromatic carbocycles. The first kappa shape index (κ1) is 20.1. The van der Waals surface area contributed by atoms with Gasteiger partial charge in [0.05, 0.1) is 13.5 Å². The molecule has 1 rings (SSSR count). The molecule has 5 heteroatoms. The van der Waals surface area contributed by atoms with E-state index in [0.29, 0.717) is 12.0 Å². The van der Waals surface area contributed by atoms with Gasteiger partial charge in [-0.2, -0.15) is 0 Å². The molecule has 0 aliphatic rings. The van der Waals surface area contributed by atoms with E-state index >= 15 is 0 Å². The second-order valence-electron chi connectivity index (χ2n) is 6.01. The van der Waals surface area contributed by atoms with Crippen molar-refractivity contribution in [3.8, 4) is 0 Å². The molecule has 0 bridgehead atoms. The molecule has 0 spiro atoms. The summed E-state index contributed by atoms with van der Waals surface area (Å²) < 4.78 is 17.9. The predicted octanol–water partition coefficient (Wildman–Crippen LogP) is 3.78. The molecular weight excluding hydrogens is 309 g/mol. The SMILES string of the molecule is CCCCCCCC[C@@H](NC(=O)Cc1cccc(F)c1)C(=O)OC. The van der Waals surface area contributed by atoms with Crippen LogP contribution in [-0.4, -0.2) is 25.0 Å². The van der Waals surface area contributed by atoms with Crippen molar-refractivity contribution >= 4 is 11.9 Å². The van der Waals surface area contributed by atoms with Gasteiger partial charge in [0.25, 0.3) is 0 Å². The van der Waals surface area contributed by atoms with Crippen molar-refractivity contribution in [3.05, 3.63) is 35.6 Å². The Morgan fingerprint density at radius 2 is 1.88 bits per heavy atom. The van der Waals surface area contributed by atoms with E-state index in [4.69, 9.17) is 4.74 Å². The van der Waals surface area contributed by atoms with Crippen LogP contribution in [0.1, 0.15) is 57.4 Å². The van der Waals surface area contributed by atoms with E-state index in [0.717, 1.165) is 19.3 Å². The van der Waals surface area contributed by atoms with Crippen LogP contribution < -0.4 is 5.32 Å². The van der Waals surface area contributed by atoms with Crippen LogP contribution >= 0.6 is 0 Å². The fourth-order valence-corrected chi connectivity index (χ4v) is 2.60. The quantitative estimate of drug-likeness (QED) is 0.494. The van der Waals surface area contributed by atoms with Gasteiger partial charge in [-0.25, -0.2) is 9.18 Å². The second-order valence-corrected chi connectivity index (χ2v) is 6.01. The maximum atomic E-state index is 13.2. The Labute approximate surface area is 143 Å². The molecule has 134 valence electrons. The molecule has 1 N–H and O–H groups in total. The smallest absolute Gasteiger partial charge is 0.328 e. The number of nitrogens with one attached hydrogen (secondary N) is 1. The van der Waals surface area contributed by atoms with Gasteiger partial charge in [0, 0.05) is 0 Å². The predicted molar refractivity (Wildman–Crippen MR) is 92.0 cm³/mol. The standard InChI is InChI=1S/C19H28FNO3/c1-3-4-5-6-7-8-12-17(19(23)24-2)21-18(22)14-15-10-9-11-16(20)13-15/h9-11,13,17H,3-8,12,14H2,1-2H3,(H,21,22)/t17-/m1/s1. The zero-order valence-corrected chi connectivity index (χ0v) is 14.6. The summed E-state index contributed by atoms with van der Waals surface area (Å²) in [5.74, 6) is -1.12. The highest BCUT2D eigenvalue weighted by Crippen LogP contribution is 2.10. The topological polar surface area (TPSA) is 55.4 Å². The highest BCUT2D eigenvalue weighted by Gasteiger charge is 2.21. The fourth-order valence-electron chi connectivity index (χ4n) is 2.60. The van der Waals surface area contributed by atoms with Crippen molar-refractivity contribution in [3.63, 3.8) is 0 Å². The lowest BCUT2D eigenvalue weighted by molar-refractivity contribution is -0.145. The molecule has 0 aliphatic carbocycles. The molecule has 0 heterocycles. The minimum Gasteiger partial charge on any atom is -0.467 e. The molecule has 0 saturated carbocycles. The van der Waals surface area contributed by atoms with E-state index in [9.17, 15) is 14.0 Å². The maximum absolute atomic E-state index is 13.2. The van der Waals surface area contributed by atoms with Crippen LogP contribution in [0.25, 0.3) is 0 Å². The highest BCUT2D eigenvalue weighted by molar-refractivity contribution is 5.85. The van der Waals surface area contributed by atoms with Crippen LogP contribution in [0.2, 0.25) is 0 Å². The number of amides is 1. The number of benzene rings is 1. The first-order valence-electron chi connectivity index (χ1n) is 8.68. The van der Waals surface area contributed by atoms with E-state index in [-0.39, 0.29) is 18.1 Å². The average Bonchev–Trinajstić information content (AvgIpc) is 2.56. The van der Waals surface area contributed by atoms with Gasteiger partial charge in [-0.15, -0.1) is 0 Å². The summed E-state index contributed by atoms with van der Waals surface area (Å²) in [5, 5.41) is 2.70. The minimum atomic E-state index is -0.637. The van der Waals surface area contributed by atoms with Gasteiger partial charge in [0.1, 0.15) is 11.9 Å². The third-order valence-corrected chi connectivity index (χ3v) is 3.92. The summed E-state index contributed by atoms with van der Waals surface area (Å²) in [7, 11) is 1.31. The maximum Gasteiger partial charge on any atom is 0.328 e. The molecule has 1 amide bonds. The second kappa shape index (κ2) is 11.6. The van der Waals surface area contributed by atoms with Crippen LogP contribution in [0.3, 0.4) is 0 Å². The molecule has 4 nitrogen and oxygen atoms in total. The van der Waals surface area contributed by atoms with E-state index in [2.05, 4.69) is 12.2 Å². The van der Waals surface area contributed by atoms with Crippen LogP contribution in [-0.2, 0) is 20.7 Å². The Bertz CT molecular complexity index is 519. The van der Waals surface area contributed by atoms with Crippen molar-refractivity contribution in [1.29, 1.82) is 0 Å². The molecular formula is C19H28FNO3. The molecule has 0 saturated heterocycles. The molecule has 0 radical (unpaired) electrons. The summed E-state index contributed by atoms with van der Waals surface area (Å²) in [5.41, 5.74) is 0.579. The lowest BCUT2D eigenvalue weighted by atomic mass is 10.0. The molecule has 1 atom stereocenters. The summed E-state index contributed by atoms with van der Waals surface area (Å²) in [4.78, 5) is 23.9. The van der Waals surface area contributed by atoms with Gasteiger partial charge in [-0.1, -0.05) is 57.6 Å². The first-order valence-corrected chi connectivity index (χ1v) is 8.68. The summed E-state index contributed by atoms with van der Waals surface area (Å²) in [6.45, 7) is 2.17. The number of esters is 1. The molecule has 0 aromatic heterocycles. The average molecular weight is 337 g/mol. The molecule has 24 heavy (non-hydrogen) atoms. The van der Waals surface area contributed by atoms with Crippen molar-refractivity contribution in [2.45, 2.75) is 64.3 Å². The number of halogens is 1. The minimum absolute atomic E-state index is 0.0434. The number of carbonyl (C=O) groups excluding carboxylic acids is 2. The highest BCUT2D eigenvalue weighted by atomic mass is 19.1. The van der Waals surface area contributed by atoms with Gasteiger partial charge in [-0.3, -0.25) is 4.79 Å². The van der Waals surface area contributed by atoms with Crippen LogP contribution in [0.15, 0.2) is 24.3 Å². The van der Waals surface area contributed by atoms with E-state index in [1.165, 1.54) is 38.5 Å². The Kier molecular flexibility index (Phi) is 9.73. The van der Waals surface area contributed by atoms with E-state index in [1.807, 2.05) is 0 Å². The lowest BCUT2D eigenvalue weighted by Gasteiger charge is -2.16. The Morgan fingerprint density at radius 3 is 2.54 bits per heavy atom. The van der Waals surface area contributed by atoms with Crippen LogP contribution in [0.5, 0.6) is 0 Å². The molecule has 0 aliphatic heterocycles. The largest absolute Gasteiger partial charge is 0.467 e. The van der Waals surface area contributed by atoms with Crippen LogP contribution in [0, 0.1) is 5.82 Å². The number of unbranched alkanes of at least 4 members (excludes halogenated alkanes) is 5. The van der Waals surface area contributed by atoms with Gasteiger partial charge >= 0.3 is 5.97 Å². The summed E-state index contributed by atoms with van der Waals surface area (Å²) in [6, 6.07) is 5.26. The van der Waals surface area contributed by atoms with Gasteiger partial charge in [0.2, 0.25) is 5.91 Å². The number of methoxy groups -OCH3 is 1. The molecule has 0 unspecified atom stereocenters. The number of carbonyl (C=O) groups is 2. The molecule has 1 aromatic rings. The van der Waals surface area contributed by atoms with E-state index < -0.39 is 12.0 Å². The number of rotatable bonds is 11. The number of hydrogen-bond acceptors (Lipinski definition) is 3. The Hall–Kier alpha value is -1.91. The zero-order chi connectivity index (χ0) is 17.8. The normalized spacial score (nSPS) is 11.8. The third-order valence-electron chi connectivity index (χ3n) is 3.92. The van der Waals surface area contributed by atoms with Crippen molar-refractivity contribution in [1.82, 2.24) is 5.32 Å². The van der Waals surface area contributed by atoms with Crippen LogP contribution in [0.4, 0.5) is 4.39 Å². The van der Waals surface area contributed by atoms with Crippen molar-refractivity contribution in [2.75, 3.05) is 7.11 Å². The summed E-state index contributed by atoms with van der Waals surface area (Å²) in [6.07, 6.45) is 7.27. The first-order chi connectivity index (χ1) is 11.6. The zero-order valence-electron chi connectivity index (χ0n) is 14.6. The molecule has 0 fully saturated rings. The fraction of sp³-hybridized carbons (Fsp3) is 0.579.